The van der Waals surface area contributed by atoms with Gasteiger partial charge in [0, 0.05) is 45.2 Å². The van der Waals surface area contributed by atoms with Gasteiger partial charge in [-0.05, 0) is 31.8 Å². The molecule has 5 nitrogen and oxygen atoms in total. The quantitative estimate of drug-likeness (QED) is 0.685. The van der Waals surface area contributed by atoms with Crippen LogP contribution in [0.25, 0.3) is 0 Å². The largest absolute Gasteiger partial charge is 0.356 e. The molecule has 1 fully saturated rings. The maximum absolute atomic E-state index is 11.8. The highest BCUT2D eigenvalue weighted by Gasteiger charge is 2.18. The number of hydrogen-bond donors (Lipinski definition) is 2. The van der Waals surface area contributed by atoms with E-state index in [-0.39, 0.29) is 17.4 Å². The molecule has 21 heavy (non-hydrogen) atoms. The van der Waals surface area contributed by atoms with Crippen LogP contribution in [0.15, 0.2) is 0 Å². The minimum atomic E-state index is -0.0392. The highest BCUT2D eigenvalue weighted by atomic mass is 16.1. The molecule has 124 valence electrons. The molecule has 0 aromatic rings. The minimum absolute atomic E-state index is 0.0392. The van der Waals surface area contributed by atoms with Gasteiger partial charge in [-0.15, -0.1) is 0 Å². The van der Waals surface area contributed by atoms with Gasteiger partial charge in [-0.25, -0.2) is 0 Å². The summed E-state index contributed by atoms with van der Waals surface area (Å²) in [6.45, 7) is 12.9. The first-order chi connectivity index (χ1) is 9.76. The second-order valence-electron chi connectivity index (χ2n) is 7.58. The van der Waals surface area contributed by atoms with Gasteiger partial charge in [0.2, 0.25) is 5.91 Å². The van der Waals surface area contributed by atoms with Crippen molar-refractivity contribution >= 4 is 5.91 Å². The number of amides is 1. The molecule has 0 aromatic heterocycles. The molecule has 0 aromatic carbocycles. The molecule has 3 N–H and O–H groups in total. The molecule has 5 heteroatoms. The molecule has 0 radical (unpaired) electrons. The van der Waals surface area contributed by atoms with Crippen LogP contribution >= 0.6 is 0 Å². The van der Waals surface area contributed by atoms with Gasteiger partial charge in [0.1, 0.15) is 0 Å². The van der Waals surface area contributed by atoms with Crippen LogP contribution in [0, 0.1) is 5.41 Å². The van der Waals surface area contributed by atoms with Crippen molar-refractivity contribution in [3.63, 3.8) is 0 Å². The lowest BCUT2D eigenvalue weighted by Gasteiger charge is -2.32. The van der Waals surface area contributed by atoms with Crippen molar-refractivity contribution in [2.45, 2.75) is 46.1 Å². The maximum atomic E-state index is 11.8. The lowest BCUT2D eigenvalue weighted by molar-refractivity contribution is -0.121. The lowest BCUT2D eigenvalue weighted by Crippen LogP contribution is -2.45. The molecule has 0 saturated carbocycles. The van der Waals surface area contributed by atoms with Crippen LogP contribution in [0.3, 0.4) is 0 Å². The van der Waals surface area contributed by atoms with Gasteiger partial charge in [-0.1, -0.05) is 20.8 Å². The smallest absolute Gasteiger partial charge is 0.221 e. The predicted molar refractivity (Wildman–Crippen MR) is 88.2 cm³/mol. The first kappa shape index (κ1) is 18.4. The minimum Gasteiger partial charge on any atom is -0.356 e. The number of likely N-dealkylation sites (N-methyl/N-ethyl adjacent to an activating group) is 1. The Morgan fingerprint density at radius 2 is 1.86 bits per heavy atom. The molecule has 1 heterocycles. The van der Waals surface area contributed by atoms with E-state index in [1.165, 1.54) is 0 Å². The fourth-order valence-corrected chi connectivity index (χ4v) is 2.77. The van der Waals surface area contributed by atoms with Crippen molar-refractivity contribution in [3.05, 3.63) is 0 Å². The Kier molecular flexibility index (Phi) is 7.63. The zero-order chi connectivity index (χ0) is 15.9. The number of hydrogen-bond acceptors (Lipinski definition) is 4. The van der Waals surface area contributed by atoms with Crippen molar-refractivity contribution in [1.29, 1.82) is 0 Å². The predicted octanol–water partition coefficient (Wildman–Crippen LogP) is 0.894. The Balaban J connectivity index is 2.05. The SMILES string of the molecule is CN1CCN(CCCNC(=O)CC(N)CC(C)(C)C)CC1. The first-order valence-electron chi connectivity index (χ1n) is 8.19. The molecule has 1 saturated heterocycles. The number of carbonyl (C=O) groups is 1. The van der Waals surface area contributed by atoms with Crippen LogP contribution in [0.4, 0.5) is 0 Å². The van der Waals surface area contributed by atoms with Crippen LogP contribution in [0.2, 0.25) is 0 Å². The Morgan fingerprint density at radius 1 is 1.24 bits per heavy atom. The van der Waals surface area contributed by atoms with Crippen LogP contribution in [0.1, 0.15) is 40.0 Å². The number of nitrogens with two attached hydrogens (primary N) is 1. The Morgan fingerprint density at radius 3 is 2.43 bits per heavy atom. The van der Waals surface area contributed by atoms with E-state index in [0.717, 1.165) is 52.1 Å². The standard InChI is InChI=1S/C16H34N4O/c1-16(2,3)13-14(17)12-15(21)18-6-5-7-20-10-8-19(4)9-11-20/h14H,5-13,17H2,1-4H3,(H,18,21). The molecule has 0 spiro atoms. The summed E-state index contributed by atoms with van der Waals surface area (Å²) in [5.74, 6) is 0.0881. The molecule has 0 bridgehead atoms. The van der Waals surface area contributed by atoms with Gasteiger partial charge in [-0.2, -0.15) is 0 Å². The Bertz CT molecular complexity index is 306. The molecular weight excluding hydrogens is 264 g/mol. The molecule has 1 unspecified atom stereocenters. The normalized spacial score (nSPS) is 19.5. The second-order valence-corrected chi connectivity index (χ2v) is 7.58. The van der Waals surface area contributed by atoms with Gasteiger partial charge in [0.15, 0.2) is 0 Å². The summed E-state index contributed by atoms with van der Waals surface area (Å²) in [4.78, 5) is 16.6. The Hall–Kier alpha value is -0.650. The van der Waals surface area contributed by atoms with Crippen LogP contribution in [-0.4, -0.2) is 68.1 Å². The van der Waals surface area contributed by atoms with E-state index >= 15 is 0 Å². The average molecular weight is 298 g/mol. The second kappa shape index (κ2) is 8.71. The number of piperazine rings is 1. The van der Waals surface area contributed by atoms with Crippen molar-refractivity contribution in [1.82, 2.24) is 15.1 Å². The number of carbonyl (C=O) groups excluding carboxylic acids is 1. The van der Waals surface area contributed by atoms with Gasteiger partial charge in [-0.3, -0.25) is 4.79 Å². The van der Waals surface area contributed by atoms with Crippen LogP contribution in [-0.2, 0) is 4.79 Å². The maximum Gasteiger partial charge on any atom is 0.221 e. The number of nitrogens with one attached hydrogen (secondary N) is 1. The molecule has 0 aliphatic carbocycles. The van der Waals surface area contributed by atoms with Crippen molar-refractivity contribution in [2.24, 2.45) is 11.1 Å². The van der Waals surface area contributed by atoms with E-state index in [1.54, 1.807) is 0 Å². The van der Waals surface area contributed by atoms with Gasteiger partial charge < -0.3 is 20.9 Å². The van der Waals surface area contributed by atoms with Crippen molar-refractivity contribution in [2.75, 3.05) is 46.3 Å². The molecule has 1 aliphatic rings. The summed E-state index contributed by atoms with van der Waals surface area (Å²) in [6.07, 6.45) is 2.33. The topological polar surface area (TPSA) is 61.6 Å². The zero-order valence-corrected chi connectivity index (χ0v) is 14.3. The number of nitrogens with zero attached hydrogens (tertiary/aromatic N) is 2. The van der Waals surface area contributed by atoms with Crippen LogP contribution < -0.4 is 11.1 Å². The number of rotatable bonds is 7. The highest BCUT2D eigenvalue weighted by Crippen LogP contribution is 2.20. The summed E-state index contributed by atoms with van der Waals surface area (Å²) in [6, 6.07) is -0.0392. The Labute approximate surface area is 130 Å². The molecule has 1 aliphatic heterocycles. The fourth-order valence-electron chi connectivity index (χ4n) is 2.77. The van der Waals surface area contributed by atoms with E-state index in [9.17, 15) is 4.79 Å². The first-order valence-corrected chi connectivity index (χ1v) is 8.19. The zero-order valence-electron chi connectivity index (χ0n) is 14.3. The third-order valence-corrected chi connectivity index (χ3v) is 3.89. The van der Waals surface area contributed by atoms with Gasteiger partial charge in [0.05, 0.1) is 0 Å². The van der Waals surface area contributed by atoms with E-state index in [1.807, 2.05) is 0 Å². The summed E-state index contributed by atoms with van der Waals surface area (Å²) in [5, 5.41) is 2.99. The third-order valence-electron chi connectivity index (χ3n) is 3.89. The highest BCUT2D eigenvalue weighted by molar-refractivity contribution is 5.76. The molecular formula is C16H34N4O. The van der Waals surface area contributed by atoms with Gasteiger partial charge >= 0.3 is 0 Å². The monoisotopic (exact) mass is 298 g/mol. The summed E-state index contributed by atoms with van der Waals surface area (Å²) >= 11 is 0. The molecule has 1 atom stereocenters. The summed E-state index contributed by atoms with van der Waals surface area (Å²) < 4.78 is 0. The van der Waals surface area contributed by atoms with E-state index < -0.39 is 0 Å². The van der Waals surface area contributed by atoms with Crippen molar-refractivity contribution in [3.8, 4) is 0 Å². The lowest BCUT2D eigenvalue weighted by atomic mass is 9.87. The van der Waals surface area contributed by atoms with E-state index in [2.05, 4.69) is 42.9 Å². The van der Waals surface area contributed by atoms with Crippen LogP contribution in [0.5, 0.6) is 0 Å². The van der Waals surface area contributed by atoms with Gasteiger partial charge in [0.25, 0.3) is 0 Å². The summed E-state index contributed by atoms with van der Waals surface area (Å²) in [7, 11) is 2.17. The molecule has 1 amide bonds. The van der Waals surface area contributed by atoms with E-state index in [0.29, 0.717) is 6.42 Å². The fraction of sp³-hybridized carbons (Fsp3) is 0.938. The average Bonchev–Trinajstić information content (AvgIpc) is 2.34. The van der Waals surface area contributed by atoms with Crippen molar-refractivity contribution < 1.29 is 4.79 Å². The van der Waals surface area contributed by atoms with E-state index in [4.69, 9.17) is 5.73 Å². The molecule has 1 rings (SSSR count). The summed E-state index contributed by atoms with van der Waals surface area (Å²) in [5.41, 5.74) is 6.20. The third kappa shape index (κ3) is 9.06.